The predicted molar refractivity (Wildman–Crippen MR) is 141 cm³/mol. The van der Waals surface area contributed by atoms with E-state index in [9.17, 15) is 14.4 Å². The van der Waals surface area contributed by atoms with Crippen LogP contribution in [0.4, 0.5) is 5.00 Å². The highest BCUT2D eigenvalue weighted by Gasteiger charge is 2.29. The van der Waals surface area contributed by atoms with Crippen molar-refractivity contribution in [2.24, 2.45) is 5.10 Å². The minimum atomic E-state index is -0.976. The summed E-state index contributed by atoms with van der Waals surface area (Å²) in [6, 6.07) is 12.4. The molecule has 192 valence electrons. The van der Waals surface area contributed by atoms with Gasteiger partial charge in [-0.3, -0.25) is 9.59 Å². The van der Waals surface area contributed by atoms with Crippen LogP contribution in [0.2, 0.25) is 5.02 Å². The summed E-state index contributed by atoms with van der Waals surface area (Å²) in [6.45, 7) is 0.330. The first kappa shape index (κ1) is 26.2. The first-order valence-corrected chi connectivity index (χ1v) is 12.5. The van der Waals surface area contributed by atoms with Gasteiger partial charge in [-0.15, -0.1) is 11.3 Å². The zero-order chi connectivity index (χ0) is 26.4. The summed E-state index contributed by atoms with van der Waals surface area (Å²) in [4.78, 5) is 37.9. The summed E-state index contributed by atoms with van der Waals surface area (Å²) in [5.41, 5.74) is 4.94. The van der Waals surface area contributed by atoms with Gasteiger partial charge in [0.15, 0.2) is 11.5 Å². The van der Waals surface area contributed by atoms with Gasteiger partial charge in [-0.25, -0.2) is 10.2 Å². The van der Waals surface area contributed by atoms with E-state index in [0.29, 0.717) is 39.3 Å². The van der Waals surface area contributed by atoms with Gasteiger partial charge in [0.2, 0.25) is 0 Å². The van der Waals surface area contributed by atoms with Gasteiger partial charge in [-0.2, -0.15) is 5.10 Å². The molecule has 1 aromatic heterocycles. The molecule has 11 heteroatoms. The molecule has 0 radical (unpaired) electrons. The third-order valence-electron chi connectivity index (χ3n) is 5.62. The first-order valence-electron chi connectivity index (χ1n) is 11.3. The van der Waals surface area contributed by atoms with Crippen LogP contribution in [-0.4, -0.2) is 38.2 Å². The predicted octanol–water partition coefficient (Wildman–Crippen LogP) is 4.35. The monoisotopic (exact) mass is 541 g/mol. The summed E-state index contributed by atoms with van der Waals surface area (Å²) in [6.07, 6.45) is 3.87. The average molecular weight is 542 g/mol. The highest BCUT2D eigenvalue weighted by molar-refractivity contribution is 7.17. The number of ether oxygens (including phenoxy) is 3. The van der Waals surface area contributed by atoms with E-state index in [1.807, 2.05) is 12.1 Å². The Bertz CT molecular complexity index is 1350. The number of rotatable bonds is 8. The van der Waals surface area contributed by atoms with Crippen LogP contribution in [0.1, 0.15) is 38.3 Å². The molecule has 1 heterocycles. The highest BCUT2D eigenvalue weighted by atomic mass is 35.5. The Morgan fingerprint density at radius 1 is 1.05 bits per heavy atom. The molecule has 1 aliphatic carbocycles. The van der Waals surface area contributed by atoms with Crippen LogP contribution in [0.15, 0.2) is 47.6 Å². The van der Waals surface area contributed by atoms with Crippen molar-refractivity contribution >= 4 is 51.9 Å². The summed E-state index contributed by atoms with van der Waals surface area (Å²) in [7, 11) is 2.79. The number of methoxy groups -OCH3 is 2. The third-order valence-corrected chi connectivity index (χ3v) is 7.08. The summed E-state index contributed by atoms with van der Waals surface area (Å²) in [5.74, 6) is -1.45. The van der Waals surface area contributed by atoms with Crippen molar-refractivity contribution in [2.75, 3.05) is 19.5 Å². The Hall–Kier alpha value is -3.89. The summed E-state index contributed by atoms with van der Waals surface area (Å²) >= 11 is 7.19. The number of esters is 1. The lowest BCUT2D eigenvalue weighted by atomic mass is 10.1. The van der Waals surface area contributed by atoms with Crippen molar-refractivity contribution in [3.05, 3.63) is 74.6 Å². The Morgan fingerprint density at radius 2 is 1.84 bits per heavy atom. The van der Waals surface area contributed by atoms with E-state index in [1.54, 1.807) is 30.3 Å². The van der Waals surface area contributed by atoms with Crippen molar-refractivity contribution in [3.63, 3.8) is 0 Å². The molecule has 0 fully saturated rings. The molecule has 0 unspecified atom stereocenters. The van der Waals surface area contributed by atoms with Gasteiger partial charge < -0.3 is 19.5 Å². The lowest BCUT2D eigenvalue weighted by Crippen LogP contribution is -2.32. The van der Waals surface area contributed by atoms with Gasteiger partial charge >= 0.3 is 17.8 Å². The minimum Gasteiger partial charge on any atom is -0.493 e. The molecule has 1 aliphatic rings. The van der Waals surface area contributed by atoms with E-state index in [2.05, 4.69) is 15.8 Å². The molecule has 0 saturated heterocycles. The van der Waals surface area contributed by atoms with Crippen LogP contribution in [-0.2, 0) is 33.8 Å². The number of nitrogens with zero attached hydrogens (tertiary/aromatic N) is 1. The normalized spacial score (nSPS) is 12.2. The van der Waals surface area contributed by atoms with Gasteiger partial charge in [0.05, 0.1) is 26.0 Å². The molecule has 37 heavy (non-hydrogen) atoms. The van der Waals surface area contributed by atoms with Crippen LogP contribution in [0.3, 0.4) is 0 Å². The summed E-state index contributed by atoms with van der Waals surface area (Å²) in [5, 5.41) is 7.31. The minimum absolute atomic E-state index is 0.305. The van der Waals surface area contributed by atoms with Gasteiger partial charge in [0.25, 0.3) is 0 Å². The van der Waals surface area contributed by atoms with E-state index in [-0.39, 0.29) is 0 Å². The lowest BCUT2D eigenvalue weighted by Gasteiger charge is -2.11. The zero-order valence-corrected chi connectivity index (χ0v) is 21.7. The van der Waals surface area contributed by atoms with Crippen LogP contribution < -0.4 is 20.2 Å². The fourth-order valence-corrected chi connectivity index (χ4v) is 5.21. The molecule has 0 aliphatic heterocycles. The van der Waals surface area contributed by atoms with Gasteiger partial charge in [0.1, 0.15) is 11.6 Å². The number of thiophene rings is 1. The fraction of sp³-hybridized carbons (Fsp3) is 0.231. The maximum absolute atomic E-state index is 12.4. The molecule has 2 N–H and O–H groups in total. The first-order chi connectivity index (χ1) is 17.9. The molecule has 0 bridgehead atoms. The third kappa shape index (κ3) is 6.28. The van der Waals surface area contributed by atoms with Gasteiger partial charge in [0, 0.05) is 9.90 Å². The number of nitrogens with one attached hydrogen (secondary N) is 2. The number of aryl methyl sites for hydroxylation is 1. The van der Waals surface area contributed by atoms with E-state index in [4.69, 9.17) is 25.8 Å². The van der Waals surface area contributed by atoms with Crippen molar-refractivity contribution < 1.29 is 28.6 Å². The van der Waals surface area contributed by atoms with Gasteiger partial charge in [-0.05, 0) is 66.3 Å². The molecule has 4 rings (SSSR count). The smallest absolute Gasteiger partial charge is 0.341 e. The Balaban J connectivity index is 1.35. The molecular weight excluding hydrogens is 518 g/mol. The number of carbonyl (C=O) groups excluding carboxylic acids is 3. The molecular formula is C26H24ClN3O6S. The molecule has 0 atom stereocenters. The van der Waals surface area contributed by atoms with Crippen LogP contribution in [0.5, 0.6) is 11.5 Å². The number of amides is 2. The molecule has 2 amide bonds. The molecule has 3 aromatic rings. The number of carbonyl (C=O) groups is 3. The number of hydrazone groups is 1. The molecule has 9 nitrogen and oxygen atoms in total. The number of anilines is 1. The Kier molecular flexibility index (Phi) is 8.42. The van der Waals surface area contributed by atoms with Crippen molar-refractivity contribution in [1.82, 2.24) is 5.43 Å². The van der Waals surface area contributed by atoms with E-state index >= 15 is 0 Å². The molecule has 0 saturated carbocycles. The number of halogens is 1. The Labute approximate surface area is 222 Å². The topological polar surface area (TPSA) is 115 Å². The second-order valence-corrected chi connectivity index (χ2v) is 9.57. The SMILES string of the molecule is COC(=O)c1c(NC(=O)C(=O)NN=Cc2ccc(OCc3ccc(Cl)cc3)c(OC)c2)sc2c1CCC2. The largest absolute Gasteiger partial charge is 0.493 e. The van der Waals surface area contributed by atoms with Crippen LogP contribution in [0.25, 0.3) is 0 Å². The van der Waals surface area contributed by atoms with Crippen molar-refractivity contribution in [3.8, 4) is 11.5 Å². The van der Waals surface area contributed by atoms with Crippen molar-refractivity contribution in [1.29, 1.82) is 0 Å². The standard InChI is InChI=1S/C26H24ClN3O6S/c1-34-20-12-16(8-11-19(20)36-14-15-6-9-17(27)10-7-15)13-28-30-24(32)23(31)29-25-22(26(33)35-2)18-4-3-5-21(18)37-25/h6-13H,3-5,14H2,1-2H3,(H,29,31)(H,30,32). The van der Waals surface area contributed by atoms with Crippen LogP contribution >= 0.6 is 22.9 Å². The van der Waals surface area contributed by atoms with E-state index < -0.39 is 17.8 Å². The van der Waals surface area contributed by atoms with Gasteiger partial charge in [-0.1, -0.05) is 23.7 Å². The quantitative estimate of drug-likeness (QED) is 0.189. The van der Waals surface area contributed by atoms with E-state index in [1.165, 1.54) is 31.8 Å². The fourth-order valence-electron chi connectivity index (χ4n) is 3.81. The zero-order valence-electron chi connectivity index (χ0n) is 20.1. The molecule has 2 aromatic carbocycles. The maximum atomic E-state index is 12.4. The second-order valence-electron chi connectivity index (χ2n) is 8.03. The van der Waals surface area contributed by atoms with Crippen LogP contribution in [0, 0.1) is 0 Å². The average Bonchev–Trinajstić information content (AvgIpc) is 3.49. The number of hydrogen-bond acceptors (Lipinski definition) is 8. The number of benzene rings is 2. The van der Waals surface area contributed by atoms with Crippen molar-refractivity contribution in [2.45, 2.75) is 25.9 Å². The Morgan fingerprint density at radius 3 is 2.57 bits per heavy atom. The summed E-state index contributed by atoms with van der Waals surface area (Å²) < 4.78 is 16.1. The highest BCUT2D eigenvalue weighted by Crippen LogP contribution is 2.39. The lowest BCUT2D eigenvalue weighted by molar-refractivity contribution is -0.136. The number of fused-ring (bicyclic) bond motifs is 1. The van der Waals surface area contributed by atoms with E-state index in [0.717, 1.165) is 35.3 Å². The number of hydrogen-bond donors (Lipinski definition) is 2. The maximum Gasteiger partial charge on any atom is 0.341 e. The molecule has 0 spiro atoms. The second kappa shape index (κ2) is 11.9.